The third-order valence-corrected chi connectivity index (χ3v) is 25.7. The van der Waals surface area contributed by atoms with Gasteiger partial charge in [0.05, 0.1) is 56.8 Å². The standard InChI is InChI=1S/C64H72N4O24S8/c1-45-9-17-51(18-10-45)97(77,78)89-59-41-55-37-49-38-56(42-60(63(49)59)90-98(79,80)52-19-11-46(2)12-20-52)94(71,72)66-26-6-30-86-35-36-88-32-8-28-68-96(75,76)58-40-50-39-57(95(73,74)67-27-7-31-87-34-33-85-29-5-25-65-93(55,69)70)43-61(91-99(81,82)53-21-13-47(3)14-22-53)64(50)62(44-58)92-100(83,84)54-23-15-48(4)16-24-54/h9-24,37-44,65-68H,5-8,25-36H2,1-4H3. The van der Waals surface area contributed by atoms with E-state index in [0.717, 1.165) is 48.5 Å². The molecule has 0 saturated heterocycles. The first-order chi connectivity index (χ1) is 47.1. The van der Waals surface area contributed by atoms with Crippen LogP contribution < -0.4 is 35.6 Å². The molecule has 0 atom stereocenters. The molecule has 1 aliphatic rings. The molecule has 1 aliphatic heterocycles. The van der Waals surface area contributed by atoms with E-state index < -0.39 is 134 Å². The molecule has 8 aromatic carbocycles. The van der Waals surface area contributed by atoms with Gasteiger partial charge in [-0.1, -0.05) is 70.8 Å². The van der Waals surface area contributed by atoms with Crippen LogP contribution in [0.25, 0.3) is 21.5 Å². The second-order valence-corrected chi connectivity index (χ2v) is 36.0. The lowest BCUT2D eigenvalue weighted by Crippen LogP contribution is -2.27. The topological polar surface area (TPSA) is 395 Å². The van der Waals surface area contributed by atoms with Crippen molar-refractivity contribution >= 4 is 102 Å². The molecule has 0 amide bonds. The molecule has 0 aliphatic carbocycles. The Hall–Kier alpha value is -7.24. The smallest absolute Gasteiger partial charge is 0.339 e. The van der Waals surface area contributed by atoms with Gasteiger partial charge in [0.15, 0.2) is 23.0 Å². The van der Waals surface area contributed by atoms with Crippen LogP contribution in [0.4, 0.5) is 0 Å². The van der Waals surface area contributed by atoms with Crippen LogP contribution in [0.5, 0.6) is 23.0 Å². The Morgan fingerprint density at radius 3 is 0.670 bits per heavy atom. The van der Waals surface area contributed by atoms with E-state index in [0.29, 0.717) is 22.3 Å². The molecule has 36 heteroatoms. The Morgan fingerprint density at radius 1 is 0.290 bits per heavy atom. The second kappa shape index (κ2) is 32.4. The average molecular weight is 1540 g/mol. The molecule has 9 rings (SSSR count). The Kier molecular flexibility index (Phi) is 24.9. The van der Waals surface area contributed by atoms with Crippen molar-refractivity contribution in [2.45, 2.75) is 92.5 Å². The van der Waals surface area contributed by atoms with E-state index in [1.807, 2.05) is 0 Å². The summed E-state index contributed by atoms with van der Waals surface area (Å²) in [6, 6.07) is 28.9. The van der Waals surface area contributed by atoms with Crippen molar-refractivity contribution < 1.29 is 103 Å². The van der Waals surface area contributed by atoms with Crippen molar-refractivity contribution in [3.63, 3.8) is 0 Å². The molecule has 6 bridgehead atoms. The van der Waals surface area contributed by atoms with Gasteiger partial charge < -0.3 is 35.7 Å². The molecule has 100 heavy (non-hydrogen) atoms. The number of sulfonamides is 4. The molecule has 0 saturated carbocycles. The van der Waals surface area contributed by atoms with Crippen molar-refractivity contribution in [1.29, 1.82) is 0 Å². The number of fused-ring (bicyclic) bond motifs is 4. The highest BCUT2D eigenvalue weighted by Crippen LogP contribution is 2.43. The highest BCUT2D eigenvalue weighted by Gasteiger charge is 2.32. The predicted octanol–water partition coefficient (Wildman–Crippen LogP) is 6.75. The first-order valence-corrected chi connectivity index (χ1v) is 42.3. The molecule has 28 nitrogen and oxygen atoms in total. The summed E-state index contributed by atoms with van der Waals surface area (Å²) in [6.07, 6.45) is 0.205. The van der Waals surface area contributed by atoms with Crippen molar-refractivity contribution in [3.05, 3.63) is 168 Å². The zero-order chi connectivity index (χ0) is 72.3. The fourth-order valence-electron chi connectivity index (χ4n) is 9.64. The van der Waals surface area contributed by atoms with Gasteiger partial charge in [0, 0.05) is 76.9 Å². The van der Waals surface area contributed by atoms with Gasteiger partial charge in [0.2, 0.25) is 40.1 Å². The van der Waals surface area contributed by atoms with Gasteiger partial charge >= 0.3 is 40.5 Å². The third kappa shape index (κ3) is 20.1. The molecule has 0 unspecified atom stereocenters. The Balaban J connectivity index is 0.977. The Bertz CT molecular complexity index is 4600. The summed E-state index contributed by atoms with van der Waals surface area (Å²) in [5.74, 6) is -3.00. The van der Waals surface area contributed by atoms with Crippen LogP contribution in [0.15, 0.2) is 185 Å². The SMILES string of the molecule is Cc1ccc(S(=O)(=O)Oc2cc3cc4cc(cc(OS(=O)(=O)c5ccc(C)cc5)c24)S(=O)(=O)NCCCOCCOCCCNS(=O)(=O)c2cc(OS(=O)(=O)c4ccc(C)cc4)c4c(OS(=O)(=O)c5ccc(C)cc5)cc(cc4c2)S(=O)(=O)NCCCOCCOCCCNS3(=O)=O)cc1. The largest absolute Gasteiger partial charge is 0.379 e. The quantitative estimate of drug-likeness (QED) is 0.0918. The number of benzene rings is 8. The highest BCUT2D eigenvalue weighted by atomic mass is 32.2. The van der Waals surface area contributed by atoms with E-state index in [9.17, 15) is 67.3 Å². The summed E-state index contributed by atoms with van der Waals surface area (Å²) in [7, 11) is -38.0. The van der Waals surface area contributed by atoms with Gasteiger partial charge in [0.1, 0.15) is 19.6 Å². The minimum absolute atomic E-state index is 0.0255. The predicted molar refractivity (Wildman–Crippen MR) is 366 cm³/mol. The maximum Gasteiger partial charge on any atom is 0.339 e. The van der Waals surface area contributed by atoms with Crippen molar-refractivity contribution in [3.8, 4) is 23.0 Å². The normalized spacial score (nSPS) is 17.8. The minimum Gasteiger partial charge on any atom is -0.379 e. The van der Waals surface area contributed by atoms with Crippen LogP contribution in [-0.2, 0) is 99.5 Å². The number of hydrogen-bond acceptors (Lipinski definition) is 24. The zero-order valence-corrected chi connectivity index (χ0v) is 60.8. The number of aryl methyl sites for hydroxylation is 4. The summed E-state index contributed by atoms with van der Waals surface area (Å²) in [5.41, 5.74) is 2.73. The number of rotatable bonds is 12. The Labute approximate surface area is 582 Å². The lowest BCUT2D eigenvalue weighted by molar-refractivity contribution is 0.0467. The van der Waals surface area contributed by atoms with Crippen molar-refractivity contribution in [2.75, 3.05) is 79.0 Å². The molecule has 540 valence electrons. The van der Waals surface area contributed by atoms with Crippen LogP contribution in [0.1, 0.15) is 47.9 Å². The van der Waals surface area contributed by atoms with Crippen LogP contribution in [0, 0.1) is 27.7 Å². The second-order valence-electron chi connectivity index (χ2n) is 22.7. The molecule has 8 aromatic rings. The molecule has 4 N–H and O–H groups in total. The van der Waals surface area contributed by atoms with Gasteiger partial charge in [-0.3, -0.25) is 0 Å². The van der Waals surface area contributed by atoms with Gasteiger partial charge in [0.25, 0.3) is 0 Å². The third-order valence-electron chi connectivity index (χ3n) is 14.9. The summed E-state index contributed by atoms with van der Waals surface area (Å²) in [6.45, 7) is 5.47. The number of hydrogen-bond donors (Lipinski definition) is 4. The maximum absolute atomic E-state index is 14.2. The number of nitrogens with one attached hydrogen (secondary N) is 4. The summed E-state index contributed by atoms with van der Waals surface area (Å²) < 4.78 is 280. The molecule has 0 radical (unpaired) electrons. The van der Waals surface area contributed by atoms with Gasteiger partial charge in [-0.05, 0) is 137 Å². The van der Waals surface area contributed by atoms with E-state index in [1.54, 1.807) is 27.7 Å². The highest BCUT2D eigenvalue weighted by molar-refractivity contribution is 7.91. The first kappa shape index (κ1) is 76.9. The molecule has 0 aromatic heterocycles. The summed E-state index contributed by atoms with van der Waals surface area (Å²) in [5, 5.41) is -1.57. The molecular weight excluding hydrogens is 1470 g/mol. The van der Waals surface area contributed by atoms with E-state index in [2.05, 4.69) is 18.9 Å². The van der Waals surface area contributed by atoms with Gasteiger partial charge in [-0.25, -0.2) is 52.6 Å². The average Bonchev–Trinajstić information content (AvgIpc) is 0.752. The van der Waals surface area contributed by atoms with Crippen molar-refractivity contribution in [1.82, 2.24) is 18.9 Å². The van der Waals surface area contributed by atoms with E-state index in [1.165, 1.54) is 97.1 Å². The van der Waals surface area contributed by atoms with E-state index in [-0.39, 0.29) is 135 Å². The van der Waals surface area contributed by atoms with Crippen LogP contribution in [0.2, 0.25) is 0 Å². The summed E-state index contributed by atoms with van der Waals surface area (Å²) in [4.78, 5) is -4.01. The zero-order valence-electron chi connectivity index (χ0n) is 54.2. The molecule has 1 heterocycles. The minimum atomic E-state index is -4.84. The first-order valence-electron chi connectivity index (χ1n) is 30.7. The summed E-state index contributed by atoms with van der Waals surface area (Å²) >= 11 is 0. The monoisotopic (exact) mass is 1540 g/mol. The van der Waals surface area contributed by atoms with Crippen LogP contribution in [0.3, 0.4) is 0 Å². The van der Waals surface area contributed by atoms with E-state index >= 15 is 0 Å². The van der Waals surface area contributed by atoms with Gasteiger partial charge in [-0.2, -0.15) is 33.7 Å². The Morgan fingerprint density at radius 2 is 0.480 bits per heavy atom. The molecule has 0 spiro atoms. The molecular formula is C64H72N4O24S8. The van der Waals surface area contributed by atoms with Crippen LogP contribution >= 0.6 is 0 Å². The van der Waals surface area contributed by atoms with Gasteiger partial charge in [-0.15, -0.1) is 0 Å². The lowest BCUT2D eigenvalue weighted by atomic mass is 10.1. The van der Waals surface area contributed by atoms with Crippen LogP contribution in [-0.4, -0.2) is 146 Å². The van der Waals surface area contributed by atoms with Crippen molar-refractivity contribution in [2.24, 2.45) is 0 Å². The van der Waals surface area contributed by atoms with E-state index in [4.69, 9.17) is 35.7 Å². The fourth-order valence-corrected chi connectivity index (χ4v) is 17.9. The molecule has 0 fully saturated rings. The number of ether oxygens (including phenoxy) is 4. The lowest BCUT2D eigenvalue weighted by Gasteiger charge is -2.18. The fraction of sp³-hybridized carbons (Fsp3) is 0.312. The maximum atomic E-state index is 14.2.